The molecule has 0 fully saturated rings. The fraction of sp³-hybridized carbons (Fsp3) is 0.417. The molecule has 0 amide bonds. The monoisotopic (exact) mass is 226 g/mol. The van der Waals surface area contributed by atoms with Crippen LogP contribution in [0.5, 0.6) is 0 Å². The molecule has 1 rings (SSSR count). The lowest BCUT2D eigenvalue weighted by Crippen LogP contribution is -2.24. The fourth-order valence-electron chi connectivity index (χ4n) is 1.12. The Kier molecular flexibility index (Phi) is 3.40. The number of ether oxygens (including phenoxy) is 1. The largest absolute Gasteiger partial charge is 0.456 e. The lowest BCUT2D eigenvalue weighted by molar-refractivity contribution is 0.00698. The summed E-state index contributed by atoms with van der Waals surface area (Å²) in [5, 5.41) is 0.434. The van der Waals surface area contributed by atoms with Gasteiger partial charge in [-0.25, -0.2) is 4.79 Å². The number of halogens is 1. The Morgan fingerprint density at radius 1 is 1.33 bits per heavy atom. The van der Waals surface area contributed by atoms with Gasteiger partial charge in [0.1, 0.15) is 5.60 Å². The number of aryl methyl sites for hydroxylation is 1. The van der Waals surface area contributed by atoms with Crippen LogP contribution in [-0.2, 0) is 4.74 Å². The number of carbonyl (C=O) groups excluding carboxylic acids is 1. The Morgan fingerprint density at radius 3 is 2.40 bits per heavy atom. The fourth-order valence-corrected chi connectivity index (χ4v) is 1.43. The van der Waals surface area contributed by atoms with E-state index in [-0.39, 0.29) is 5.97 Å². The highest BCUT2D eigenvalue weighted by Gasteiger charge is 2.19. The third kappa shape index (κ3) is 3.56. The predicted octanol–water partition coefficient (Wildman–Crippen LogP) is 3.60. The first kappa shape index (κ1) is 12.1. The molecule has 0 aliphatic heterocycles. The van der Waals surface area contributed by atoms with Crippen molar-refractivity contribution in [3.63, 3.8) is 0 Å². The van der Waals surface area contributed by atoms with Gasteiger partial charge in [0.15, 0.2) is 0 Å². The first-order valence-corrected chi connectivity index (χ1v) is 5.17. The molecule has 0 atom stereocenters. The molecule has 0 saturated heterocycles. The lowest BCUT2D eigenvalue weighted by Gasteiger charge is -2.19. The van der Waals surface area contributed by atoms with Crippen LogP contribution < -0.4 is 0 Å². The molecular formula is C12H15ClO2. The third-order valence-corrected chi connectivity index (χ3v) is 2.06. The highest BCUT2D eigenvalue weighted by atomic mass is 35.5. The van der Waals surface area contributed by atoms with Gasteiger partial charge in [0.25, 0.3) is 0 Å². The van der Waals surface area contributed by atoms with Crippen molar-refractivity contribution >= 4 is 17.6 Å². The number of esters is 1. The minimum atomic E-state index is -0.495. The highest BCUT2D eigenvalue weighted by molar-refractivity contribution is 6.33. The molecule has 0 saturated carbocycles. The molecule has 2 nitrogen and oxygen atoms in total. The summed E-state index contributed by atoms with van der Waals surface area (Å²) < 4.78 is 5.22. The first-order chi connectivity index (χ1) is 6.79. The summed E-state index contributed by atoms with van der Waals surface area (Å²) in [6.45, 7) is 7.40. The molecule has 0 aromatic heterocycles. The van der Waals surface area contributed by atoms with Crippen molar-refractivity contribution in [1.82, 2.24) is 0 Å². The van der Waals surface area contributed by atoms with E-state index >= 15 is 0 Å². The van der Waals surface area contributed by atoms with Crippen LogP contribution >= 0.6 is 11.6 Å². The summed E-state index contributed by atoms with van der Waals surface area (Å²) in [6, 6.07) is 5.28. The molecule has 0 unspecified atom stereocenters. The molecule has 0 aliphatic carbocycles. The van der Waals surface area contributed by atoms with E-state index < -0.39 is 5.60 Å². The van der Waals surface area contributed by atoms with E-state index in [0.717, 1.165) is 5.56 Å². The maximum absolute atomic E-state index is 11.7. The number of rotatable bonds is 1. The second kappa shape index (κ2) is 4.23. The van der Waals surface area contributed by atoms with E-state index in [0.29, 0.717) is 10.6 Å². The zero-order valence-corrected chi connectivity index (χ0v) is 10.2. The SMILES string of the molecule is Cc1ccc(C(=O)OC(C)(C)C)c(Cl)c1. The summed E-state index contributed by atoms with van der Waals surface area (Å²) >= 11 is 5.95. The molecule has 1 aromatic carbocycles. The minimum Gasteiger partial charge on any atom is -0.456 e. The van der Waals surface area contributed by atoms with Crippen molar-refractivity contribution < 1.29 is 9.53 Å². The molecule has 0 aliphatic rings. The minimum absolute atomic E-state index is 0.382. The zero-order valence-electron chi connectivity index (χ0n) is 9.43. The number of hydrogen-bond acceptors (Lipinski definition) is 2. The Labute approximate surface area is 95.2 Å². The van der Waals surface area contributed by atoms with Crippen LogP contribution in [0.25, 0.3) is 0 Å². The van der Waals surface area contributed by atoms with Gasteiger partial charge in [-0.2, -0.15) is 0 Å². The molecule has 0 spiro atoms. The molecule has 82 valence electrons. The van der Waals surface area contributed by atoms with Crippen LogP contribution in [0.1, 0.15) is 36.7 Å². The Hall–Kier alpha value is -1.02. The molecule has 3 heteroatoms. The average molecular weight is 227 g/mol. The molecule has 0 bridgehead atoms. The van der Waals surface area contributed by atoms with E-state index in [1.807, 2.05) is 33.8 Å². The van der Waals surface area contributed by atoms with Crippen molar-refractivity contribution in [2.75, 3.05) is 0 Å². The van der Waals surface area contributed by atoms with Crippen LogP contribution in [0.3, 0.4) is 0 Å². The molecule has 0 radical (unpaired) electrons. The van der Waals surface area contributed by atoms with E-state index in [1.54, 1.807) is 12.1 Å². The molecular weight excluding hydrogens is 212 g/mol. The molecule has 15 heavy (non-hydrogen) atoms. The molecule has 0 heterocycles. The van der Waals surface area contributed by atoms with Crippen molar-refractivity contribution in [1.29, 1.82) is 0 Å². The number of benzene rings is 1. The zero-order chi connectivity index (χ0) is 11.6. The van der Waals surface area contributed by atoms with Crippen LogP contribution in [-0.4, -0.2) is 11.6 Å². The van der Waals surface area contributed by atoms with Gasteiger partial charge in [-0.1, -0.05) is 17.7 Å². The van der Waals surface area contributed by atoms with E-state index in [2.05, 4.69) is 0 Å². The maximum Gasteiger partial charge on any atom is 0.340 e. The summed E-state index contributed by atoms with van der Waals surface area (Å²) in [4.78, 5) is 11.7. The quantitative estimate of drug-likeness (QED) is 0.684. The second-order valence-corrected chi connectivity index (χ2v) is 4.89. The summed E-state index contributed by atoms with van der Waals surface area (Å²) in [5.41, 5.74) is 0.940. The van der Waals surface area contributed by atoms with Crippen molar-refractivity contribution in [2.45, 2.75) is 33.3 Å². The number of carbonyl (C=O) groups is 1. The highest BCUT2D eigenvalue weighted by Crippen LogP contribution is 2.20. The predicted molar refractivity (Wildman–Crippen MR) is 61.4 cm³/mol. The summed E-state index contributed by atoms with van der Waals surface area (Å²) in [5.74, 6) is -0.382. The van der Waals surface area contributed by atoms with Crippen molar-refractivity contribution in [3.8, 4) is 0 Å². The van der Waals surface area contributed by atoms with Gasteiger partial charge < -0.3 is 4.74 Å². The lowest BCUT2D eigenvalue weighted by atomic mass is 10.1. The molecule has 0 N–H and O–H groups in total. The van der Waals surface area contributed by atoms with Crippen LogP contribution in [0.2, 0.25) is 5.02 Å². The normalized spacial score (nSPS) is 11.3. The topological polar surface area (TPSA) is 26.3 Å². The van der Waals surface area contributed by atoms with E-state index in [1.165, 1.54) is 0 Å². The van der Waals surface area contributed by atoms with Gasteiger partial charge in [-0.05, 0) is 45.4 Å². The summed E-state index contributed by atoms with van der Waals surface area (Å²) in [6.07, 6.45) is 0. The Balaban J connectivity index is 2.92. The van der Waals surface area contributed by atoms with Crippen molar-refractivity contribution in [2.24, 2.45) is 0 Å². The second-order valence-electron chi connectivity index (χ2n) is 4.49. The van der Waals surface area contributed by atoms with Gasteiger partial charge in [0, 0.05) is 0 Å². The Morgan fingerprint density at radius 2 is 1.93 bits per heavy atom. The molecule has 1 aromatic rings. The summed E-state index contributed by atoms with van der Waals surface area (Å²) in [7, 11) is 0. The standard InChI is InChI=1S/C12H15ClO2/c1-8-5-6-9(10(13)7-8)11(14)15-12(2,3)4/h5-7H,1-4H3. The average Bonchev–Trinajstić information content (AvgIpc) is 1.99. The van der Waals surface area contributed by atoms with Gasteiger partial charge in [-0.3, -0.25) is 0 Å². The number of hydrogen-bond donors (Lipinski definition) is 0. The van der Waals surface area contributed by atoms with Gasteiger partial charge >= 0.3 is 5.97 Å². The first-order valence-electron chi connectivity index (χ1n) is 4.79. The van der Waals surface area contributed by atoms with Crippen LogP contribution in [0.4, 0.5) is 0 Å². The van der Waals surface area contributed by atoms with E-state index in [4.69, 9.17) is 16.3 Å². The van der Waals surface area contributed by atoms with Gasteiger partial charge in [-0.15, -0.1) is 0 Å². The van der Waals surface area contributed by atoms with Gasteiger partial charge in [0.05, 0.1) is 10.6 Å². The Bertz CT molecular complexity index is 378. The van der Waals surface area contributed by atoms with Crippen molar-refractivity contribution in [3.05, 3.63) is 34.3 Å². The third-order valence-electron chi connectivity index (χ3n) is 1.74. The smallest absolute Gasteiger partial charge is 0.340 e. The van der Waals surface area contributed by atoms with E-state index in [9.17, 15) is 4.79 Å². The van der Waals surface area contributed by atoms with Crippen LogP contribution in [0.15, 0.2) is 18.2 Å². The van der Waals surface area contributed by atoms with Crippen LogP contribution in [0, 0.1) is 6.92 Å². The van der Waals surface area contributed by atoms with Gasteiger partial charge in [0.2, 0.25) is 0 Å². The maximum atomic E-state index is 11.7.